The monoisotopic (exact) mass is 365 g/mol. The summed E-state index contributed by atoms with van der Waals surface area (Å²) in [5, 5.41) is 3.13. The maximum absolute atomic E-state index is 12.3. The second-order valence-electron chi connectivity index (χ2n) is 5.45. The van der Waals surface area contributed by atoms with E-state index in [1.807, 2.05) is 0 Å². The van der Waals surface area contributed by atoms with E-state index < -0.39 is 0 Å². The van der Waals surface area contributed by atoms with Crippen LogP contribution in [0.25, 0.3) is 0 Å². The van der Waals surface area contributed by atoms with Crippen LogP contribution in [0.15, 0.2) is 16.9 Å². The van der Waals surface area contributed by atoms with Crippen LogP contribution in [0.4, 0.5) is 5.69 Å². The van der Waals surface area contributed by atoms with Crippen LogP contribution < -0.4 is 20.3 Å². The first-order chi connectivity index (χ1) is 11.8. The van der Waals surface area contributed by atoms with Crippen molar-refractivity contribution >= 4 is 23.2 Å². The number of aromatic nitrogens is 2. The van der Waals surface area contributed by atoms with E-state index in [0.717, 1.165) is 0 Å². The fourth-order valence-electron chi connectivity index (χ4n) is 2.45. The van der Waals surface area contributed by atoms with Crippen molar-refractivity contribution < 1.29 is 14.3 Å². The molecule has 0 aliphatic carbocycles. The molecule has 1 aromatic heterocycles. The number of carbonyl (C=O) groups is 1. The molecule has 0 fully saturated rings. The first-order valence-corrected chi connectivity index (χ1v) is 8.01. The Labute approximate surface area is 150 Å². The van der Waals surface area contributed by atoms with Gasteiger partial charge in [0, 0.05) is 29.8 Å². The summed E-state index contributed by atoms with van der Waals surface area (Å²) in [4.78, 5) is 31.1. The number of nitrogens with zero attached hydrogens (tertiary/aromatic N) is 1. The molecule has 0 aliphatic heterocycles. The van der Waals surface area contributed by atoms with Gasteiger partial charge in [0.25, 0.3) is 5.56 Å². The number of aryl methyl sites for hydroxylation is 2. The number of hydrogen-bond donors (Lipinski definition) is 2. The molecule has 2 rings (SSSR count). The van der Waals surface area contributed by atoms with Crippen molar-refractivity contribution in [1.29, 1.82) is 0 Å². The molecule has 2 aromatic rings. The molecule has 0 aliphatic rings. The van der Waals surface area contributed by atoms with Crippen LogP contribution >= 0.6 is 11.6 Å². The van der Waals surface area contributed by atoms with Crippen molar-refractivity contribution in [2.45, 2.75) is 26.7 Å². The largest absolute Gasteiger partial charge is 0.495 e. The zero-order valence-electron chi connectivity index (χ0n) is 14.5. The Morgan fingerprint density at radius 3 is 2.52 bits per heavy atom. The van der Waals surface area contributed by atoms with Gasteiger partial charge >= 0.3 is 0 Å². The summed E-state index contributed by atoms with van der Waals surface area (Å²) in [6, 6.07) is 3.15. The number of amides is 1. The molecule has 7 nitrogen and oxygen atoms in total. The third kappa shape index (κ3) is 4.51. The van der Waals surface area contributed by atoms with Gasteiger partial charge in [-0.1, -0.05) is 11.6 Å². The van der Waals surface area contributed by atoms with Gasteiger partial charge in [-0.15, -0.1) is 0 Å². The number of hydrogen-bond acceptors (Lipinski definition) is 5. The number of rotatable bonds is 6. The first-order valence-electron chi connectivity index (χ1n) is 7.63. The van der Waals surface area contributed by atoms with Gasteiger partial charge in [-0.3, -0.25) is 9.59 Å². The lowest BCUT2D eigenvalue weighted by Gasteiger charge is -2.13. The molecule has 1 amide bonds. The van der Waals surface area contributed by atoms with E-state index in [1.54, 1.807) is 26.0 Å². The number of ether oxygens (including phenoxy) is 2. The minimum atomic E-state index is -0.262. The summed E-state index contributed by atoms with van der Waals surface area (Å²) >= 11 is 6.04. The van der Waals surface area contributed by atoms with E-state index in [1.165, 1.54) is 14.2 Å². The van der Waals surface area contributed by atoms with Gasteiger partial charge in [-0.05, 0) is 20.3 Å². The molecular formula is C17H20ClN3O4. The average molecular weight is 366 g/mol. The van der Waals surface area contributed by atoms with E-state index in [4.69, 9.17) is 21.1 Å². The second-order valence-corrected chi connectivity index (χ2v) is 5.86. The summed E-state index contributed by atoms with van der Waals surface area (Å²) in [7, 11) is 2.97. The fourth-order valence-corrected chi connectivity index (χ4v) is 2.69. The Balaban J connectivity index is 2.12. The summed E-state index contributed by atoms with van der Waals surface area (Å²) in [5.41, 5.74) is 1.35. The van der Waals surface area contributed by atoms with Crippen molar-refractivity contribution in [1.82, 2.24) is 9.97 Å². The predicted molar refractivity (Wildman–Crippen MR) is 95.8 cm³/mol. The van der Waals surface area contributed by atoms with E-state index in [-0.39, 0.29) is 24.3 Å². The van der Waals surface area contributed by atoms with Crippen LogP contribution in [-0.2, 0) is 11.2 Å². The quantitative estimate of drug-likeness (QED) is 0.820. The number of anilines is 1. The predicted octanol–water partition coefficient (Wildman–Crippen LogP) is 2.63. The minimum Gasteiger partial charge on any atom is -0.495 e. The van der Waals surface area contributed by atoms with Crippen LogP contribution in [0.3, 0.4) is 0 Å². The van der Waals surface area contributed by atoms with Crippen LogP contribution in [0.2, 0.25) is 5.02 Å². The lowest BCUT2D eigenvalue weighted by atomic mass is 10.1. The summed E-state index contributed by atoms with van der Waals surface area (Å²) in [6.45, 7) is 3.47. The smallest absolute Gasteiger partial charge is 0.254 e. The van der Waals surface area contributed by atoms with Crippen LogP contribution in [0.1, 0.15) is 23.5 Å². The zero-order valence-corrected chi connectivity index (χ0v) is 15.3. The standard InChI is InChI=1S/C17H20ClN3O4/c1-9-11(17(23)20-10(2)19-9)5-6-16(22)21-13-8-14(24-3)12(18)7-15(13)25-4/h7-8H,5-6H2,1-4H3,(H,21,22)(H,19,20,23). The summed E-state index contributed by atoms with van der Waals surface area (Å²) in [5.74, 6) is 1.13. The Morgan fingerprint density at radius 1 is 1.24 bits per heavy atom. The van der Waals surface area contributed by atoms with E-state index in [0.29, 0.717) is 39.3 Å². The first kappa shape index (κ1) is 18.8. The Morgan fingerprint density at radius 2 is 1.92 bits per heavy atom. The number of aromatic amines is 1. The lowest BCUT2D eigenvalue weighted by Crippen LogP contribution is -2.20. The number of nitrogens with one attached hydrogen (secondary N) is 2. The van der Waals surface area contributed by atoms with E-state index in [2.05, 4.69) is 15.3 Å². The number of methoxy groups -OCH3 is 2. The number of halogens is 1. The lowest BCUT2D eigenvalue weighted by molar-refractivity contribution is -0.116. The van der Waals surface area contributed by atoms with Crippen LogP contribution in [-0.4, -0.2) is 30.1 Å². The second kappa shape index (κ2) is 8.02. The number of carbonyl (C=O) groups excluding carboxylic acids is 1. The molecule has 0 saturated carbocycles. The highest BCUT2D eigenvalue weighted by molar-refractivity contribution is 6.32. The fraction of sp³-hybridized carbons (Fsp3) is 0.353. The molecule has 0 saturated heterocycles. The van der Waals surface area contributed by atoms with Gasteiger partial charge in [0.1, 0.15) is 17.3 Å². The van der Waals surface area contributed by atoms with Gasteiger partial charge in [0.2, 0.25) is 5.91 Å². The van der Waals surface area contributed by atoms with E-state index >= 15 is 0 Å². The number of benzene rings is 1. The highest BCUT2D eigenvalue weighted by atomic mass is 35.5. The average Bonchev–Trinajstić information content (AvgIpc) is 2.55. The Kier molecular flexibility index (Phi) is 6.03. The Bertz CT molecular complexity index is 849. The maximum atomic E-state index is 12.3. The van der Waals surface area contributed by atoms with Crippen molar-refractivity contribution in [2.24, 2.45) is 0 Å². The molecule has 0 radical (unpaired) electrons. The summed E-state index contributed by atoms with van der Waals surface area (Å²) in [6.07, 6.45) is 0.413. The minimum absolute atomic E-state index is 0.128. The molecule has 0 unspecified atom stereocenters. The maximum Gasteiger partial charge on any atom is 0.254 e. The van der Waals surface area contributed by atoms with Crippen LogP contribution in [0.5, 0.6) is 11.5 Å². The topological polar surface area (TPSA) is 93.3 Å². The molecule has 1 aromatic carbocycles. The van der Waals surface area contributed by atoms with Crippen molar-refractivity contribution in [2.75, 3.05) is 19.5 Å². The van der Waals surface area contributed by atoms with Gasteiger partial charge < -0.3 is 19.8 Å². The van der Waals surface area contributed by atoms with Crippen molar-refractivity contribution in [3.8, 4) is 11.5 Å². The molecule has 8 heteroatoms. The van der Waals surface area contributed by atoms with Gasteiger partial charge in [-0.2, -0.15) is 0 Å². The highest BCUT2D eigenvalue weighted by Gasteiger charge is 2.14. The molecule has 0 atom stereocenters. The SMILES string of the molecule is COc1cc(NC(=O)CCc2c(C)nc(C)[nH]c2=O)c(OC)cc1Cl. The zero-order chi connectivity index (χ0) is 18.6. The molecular weight excluding hydrogens is 346 g/mol. The molecule has 1 heterocycles. The van der Waals surface area contributed by atoms with Crippen LogP contribution in [0, 0.1) is 13.8 Å². The third-order valence-electron chi connectivity index (χ3n) is 3.69. The van der Waals surface area contributed by atoms with Crippen molar-refractivity contribution in [3.63, 3.8) is 0 Å². The third-order valence-corrected chi connectivity index (χ3v) is 3.99. The Hall–Kier alpha value is -2.54. The highest BCUT2D eigenvalue weighted by Crippen LogP contribution is 2.35. The van der Waals surface area contributed by atoms with Crippen molar-refractivity contribution in [3.05, 3.63) is 44.6 Å². The van der Waals surface area contributed by atoms with E-state index in [9.17, 15) is 9.59 Å². The molecule has 0 bridgehead atoms. The van der Waals surface area contributed by atoms with Gasteiger partial charge in [0.05, 0.1) is 24.9 Å². The molecule has 134 valence electrons. The summed E-state index contributed by atoms with van der Waals surface area (Å²) < 4.78 is 10.4. The van der Waals surface area contributed by atoms with Gasteiger partial charge in [0.15, 0.2) is 0 Å². The molecule has 0 spiro atoms. The molecule has 2 N–H and O–H groups in total. The normalized spacial score (nSPS) is 10.4. The van der Waals surface area contributed by atoms with Gasteiger partial charge in [-0.25, -0.2) is 4.98 Å². The number of H-pyrrole nitrogens is 1. The molecule has 25 heavy (non-hydrogen) atoms.